The third-order valence-corrected chi connectivity index (χ3v) is 5.71. The third-order valence-electron chi connectivity index (χ3n) is 5.71. The van der Waals surface area contributed by atoms with Crippen LogP contribution in [0.1, 0.15) is 42.3 Å². The van der Waals surface area contributed by atoms with E-state index in [-0.39, 0.29) is 41.6 Å². The average molecular weight is 454 g/mol. The molecule has 2 aromatic rings. The van der Waals surface area contributed by atoms with Crippen LogP contribution < -0.4 is 4.74 Å². The van der Waals surface area contributed by atoms with Crippen LogP contribution in [0, 0.1) is 23.6 Å². The quantitative estimate of drug-likeness (QED) is 0.719. The van der Waals surface area contributed by atoms with Gasteiger partial charge >= 0.3 is 0 Å². The van der Waals surface area contributed by atoms with Gasteiger partial charge in [0.15, 0.2) is 0 Å². The molecule has 174 valence electrons. The first-order chi connectivity index (χ1) is 15.7. The summed E-state index contributed by atoms with van der Waals surface area (Å²) >= 11 is 0. The summed E-state index contributed by atoms with van der Waals surface area (Å²) in [6, 6.07) is 6.99. The van der Waals surface area contributed by atoms with E-state index in [1.54, 1.807) is 42.0 Å². The monoisotopic (exact) mass is 453 g/mol. The number of hydrogen-bond donors (Lipinski definition) is 1. The zero-order valence-corrected chi connectivity index (χ0v) is 19.2. The van der Waals surface area contributed by atoms with E-state index >= 15 is 0 Å². The van der Waals surface area contributed by atoms with Gasteiger partial charge < -0.3 is 19.6 Å². The lowest BCUT2D eigenvalue weighted by molar-refractivity contribution is -0.129. The first kappa shape index (κ1) is 24.2. The highest BCUT2D eigenvalue weighted by Gasteiger charge is 2.34. The minimum Gasteiger partial charge on any atom is -0.472 e. The molecule has 3 atom stereocenters. The predicted molar refractivity (Wildman–Crippen MR) is 121 cm³/mol. The number of nitrogens with zero attached hydrogens (tertiary/aromatic N) is 3. The number of pyridine rings is 1. The fourth-order valence-electron chi connectivity index (χ4n) is 3.46. The Balaban J connectivity index is 1.99. The highest BCUT2D eigenvalue weighted by Crippen LogP contribution is 2.27. The number of aromatic nitrogens is 1. The lowest BCUT2D eigenvalue weighted by atomic mass is 10.00. The molecular weight excluding hydrogens is 425 g/mol. The maximum atomic E-state index is 13.4. The van der Waals surface area contributed by atoms with E-state index < -0.39 is 12.1 Å². The zero-order chi connectivity index (χ0) is 24.1. The fraction of sp³-hybridized carbons (Fsp3) is 0.400. The molecule has 0 bridgehead atoms. The number of carbonyl (C=O) groups excluding carboxylic acids is 2. The Labute approximate surface area is 193 Å². The van der Waals surface area contributed by atoms with Gasteiger partial charge in [0.2, 0.25) is 11.8 Å². The molecule has 0 spiro atoms. The molecule has 0 fully saturated rings. The van der Waals surface area contributed by atoms with E-state index in [1.807, 2.05) is 6.92 Å². The van der Waals surface area contributed by atoms with E-state index in [4.69, 9.17) is 4.74 Å². The van der Waals surface area contributed by atoms with Crippen LogP contribution in [0.15, 0.2) is 36.5 Å². The number of likely N-dealkylation sites (N-methyl/N-ethyl adjacent to an activating group) is 1. The molecule has 2 amide bonds. The summed E-state index contributed by atoms with van der Waals surface area (Å²) in [5.74, 6) is 5.18. The van der Waals surface area contributed by atoms with Crippen LogP contribution >= 0.6 is 0 Å². The Kier molecular flexibility index (Phi) is 7.67. The van der Waals surface area contributed by atoms with Gasteiger partial charge in [-0.2, -0.15) is 0 Å². The molecule has 0 aliphatic carbocycles. The number of fused-ring (bicyclic) bond motifs is 1. The van der Waals surface area contributed by atoms with Crippen LogP contribution in [-0.2, 0) is 4.79 Å². The fourth-order valence-corrected chi connectivity index (χ4v) is 3.46. The molecule has 2 heterocycles. The van der Waals surface area contributed by atoms with Crippen molar-refractivity contribution in [1.29, 1.82) is 0 Å². The van der Waals surface area contributed by atoms with Crippen LogP contribution in [0.3, 0.4) is 0 Å². The summed E-state index contributed by atoms with van der Waals surface area (Å²) in [4.78, 5) is 32.7. The lowest BCUT2D eigenvalue weighted by Gasteiger charge is -2.37. The summed E-state index contributed by atoms with van der Waals surface area (Å²) in [5, 5.41) is 9.73. The van der Waals surface area contributed by atoms with Crippen molar-refractivity contribution >= 4 is 11.8 Å². The Morgan fingerprint density at radius 2 is 2.00 bits per heavy atom. The summed E-state index contributed by atoms with van der Waals surface area (Å²) in [7, 11) is 1.69. The zero-order valence-electron chi connectivity index (χ0n) is 19.2. The molecule has 0 radical (unpaired) electrons. The van der Waals surface area contributed by atoms with Crippen molar-refractivity contribution in [3.63, 3.8) is 0 Å². The van der Waals surface area contributed by atoms with Crippen molar-refractivity contribution in [3.8, 4) is 17.7 Å². The number of aliphatic hydroxyl groups excluding tert-OH is 1. The standard InChI is InChI=1S/C25H28FN3O4/c1-16-13-29(17(2)15-30)25(32)22-11-20(6-5-19-7-9-21(26)10-8-19)12-27-24(22)33-23(16)14-28(4)18(3)31/h7-12,16-17,23,30H,13-15H2,1-4H3/t16-,17-,23-/m1/s1. The second-order valence-electron chi connectivity index (χ2n) is 8.36. The van der Waals surface area contributed by atoms with E-state index in [1.165, 1.54) is 25.3 Å². The van der Waals surface area contributed by atoms with Crippen LogP contribution in [0.25, 0.3) is 0 Å². The maximum absolute atomic E-state index is 13.4. The molecular formula is C25H28FN3O4. The van der Waals surface area contributed by atoms with Gasteiger partial charge in [0, 0.05) is 43.8 Å². The van der Waals surface area contributed by atoms with Crippen molar-refractivity contribution in [1.82, 2.24) is 14.8 Å². The molecule has 3 rings (SSSR count). The smallest absolute Gasteiger partial charge is 0.259 e. The topological polar surface area (TPSA) is 83.0 Å². The normalized spacial score (nSPS) is 18.7. The molecule has 0 unspecified atom stereocenters. The van der Waals surface area contributed by atoms with Gasteiger partial charge in [-0.3, -0.25) is 9.59 Å². The number of hydrogen-bond acceptors (Lipinski definition) is 5. The number of amides is 2. The molecule has 1 aromatic heterocycles. The SMILES string of the molecule is CC(=O)N(C)C[C@H]1Oc2ncc(C#Cc3ccc(F)cc3)cc2C(=O)N([C@H](C)CO)C[C@H]1C. The molecule has 0 saturated heterocycles. The second-order valence-corrected chi connectivity index (χ2v) is 8.36. The average Bonchev–Trinajstić information content (AvgIpc) is 2.80. The molecule has 33 heavy (non-hydrogen) atoms. The molecule has 0 saturated carbocycles. The van der Waals surface area contributed by atoms with Gasteiger partial charge in [-0.25, -0.2) is 9.37 Å². The van der Waals surface area contributed by atoms with Crippen LogP contribution in [0.4, 0.5) is 4.39 Å². The largest absolute Gasteiger partial charge is 0.472 e. The summed E-state index contributed by atoms with van der Waals surface area (Å²) in [6.45, 7) is 5.69. The molecule has 8 heteroatoms. The molecule has 1 aliphatic rings. The number of ether oxygens (including phenoxy) is 1. The number of rotatable bonds is 4. The van der Waals surface area contributed by atoms with Crippen molar-refractivity contribution in [2.75, 3.05) is 26.7 Å². The maximum Gasteiger partial charge on any atom is 0.259 e. The molecule has 1 aromatic carbocycles. The van der Waals surface area contributed by atoms with E-state index in [9.17, 15) is 19.1 Å². The highest BCUT2D eigenvalue weighted by atomic mass is 19.1. The number of benzene rings is 1. The van der Waals surface area contributed by atoms with Gasteiger partial charge in [0.1, 0.15) is 17.5 Å². The minimum atomic E-state index is -0.411. The van der Waals surface area contributed by atoms with Crippen molar-refractivity contribution in [3.05, 3.63) is 59.0 Å². The lowest BCUT2D eigenvalue weighted by Crippen LogP contribution is -2.50. The van der Waals surface area contributed by atoms with Crippen molar-refractivity contribution in [2.24, 2.45) is 5.92 Å². The summed E-state index contributed by atoms with van der Waals surface area (Å²) in [5.41, 5.74) is 1.36. The van der Waals surface area contributed by atoms with Gasteiger partial charge in [-0.05, 0) is 37.3 Å². The molecule has 1 N–H and O–H groups in total. The Morgan fingerprint density at radius 3 is 2.64 bits per heavy atom. The molecule has 7 nitrogen and oxygen atoms in total. The van der Waals surface area contributed by atoms with E-state index in [0.717, 1.165) is 0 Å². The van der Waals surface area contributed by atoms with E-state index in [0.29, 0.717) is 24.2 Å². The van der Waals surface area contributed by atoms with E-state index in [2.05, 4.69) is 16.8 Å². The first-order valence-electron chi connectivity index (χ1n) is 10.8. The second kappa shape index (κ2) is 10.5. The number of carbonyl (C=O) groups is 2. The third kappa shape index (κ3) is 5.88. The van der Waals surface area contributed by atoms with Gasteiger partial charge in [-0.15, -0.1) is 0 Å². The van der Waals surface area contributed by atoms with Gasteiger partial charge in [0.25, 0.3) is 5.91 Å². The molecule has 1 aliphatic heterocycles. The first-order valence-corrected chi connectivity index (χ1v) is 10.8. The Hall–Kier alpha value is -3.44. The van der Waals surface area contributed by atoms with Crippen LogP contribution in [0.5, 0.6) is 5.88 Å². The minimum absolute atomic E-state index is 0.0934. The van der Waals surface area contributed by atoms with Crippen LogP contribution in [0.2, 0.25) is 0 Å². The van der Waals surface area contributed by atoms with Crippen molar-refractivity contribution < 1.29 is 23.8 Å². The summed E-state index contributed by atoms with van der Waals surface area (Å²) in [6.07, 6.45) is 1.11. The number of aliphatic hydroxyl groups is 1. The van der Waals surface area contributed by atoms with Crippen molar-refractivity contribution in [2.45, 2.75) is 32.9 Å². The Bertz CT molecular complexity index is 1080. The number of halogens is 1. The van der Waals surface area contributed by atoms with Crippen LogP contribution in [-0.4, -0.2) is 70.6 Å². The Morgan fingerprint density at radius 1 is 1.33 bits per heavy atom. The highest BCUT2D eigenvalue weighted by molar-refractivity contribution is 5.97. The predicted octanol–water partition coefficient (Wildman–Crippen LogP) is 2.32. The van der Waals surface area contributed by atoms with Gasteiger partial charge in [-0.1, -0.05) is 18.8 Å². The summed E-state index contributed by atoms with van der Waals surface area (Å²) < 4.78 is 19.2. The van der Waals surface area contributed by atoms with Gasteiger partial charge in [0.05, 0.1) is 19.2 Å².